The van der Waals surface area contributed by atoms with E-state index in [0.717, 1.165) is 44.9 Å². The number of amides is 1. The smallest absolute Gasteiger partial charge is 0.280 e. The minimum absolute atomic E-state index is 0.0254. The molecule has 1 aromatic heterocycles. The molecule has 0 saturated heterocycles. The van der Waals surface area contributed by atoms with Gasteiger partial charge in [-0.3, -0.25) is 15.1 Å². The minimum atomic E-state index is -1.17. The number of nitrogen functional groups attached to an aromatic ring is 2. The van der Waals surface area contributed by atoms with Gasteiger partial charge in [-0.2, -0.15) is 0 Å². The van der Waals surface area contributed by atoms with E-state index in [0.29, 0.717) is 12.5 Å². The van der Waals surface area contributed by atoms with Crippen LogP contribution in [0.5, 0.6) is 0 Å². The number of rotatable bonds is 11. The molecule has 0 aromatic carbocycles. The lowest BCUT2D eigenvalue weighted by Gasteiger charge is -2.29. The molecular formula is C20H34ClN7O5. The molecule has 1 aliphatic rings. The molecule has 1 aromatic rings. The standard InChI is InChI=1S/C20H34ClN7O5/c21-16-18(23)27-17(22)15(26-16)19(32)28-20(24)25-8-2-1-3-11-4-6-12(7-5-11)33-10-14(31)13(30)9-29/h11-14,29-31H,1-10H2,(H4,22,23,27)(H3,24,25,28,32). The van der Waals surface area contributed by atoms with Crippen molar-refractivity contribution in [3.63, 3.8) is 0 Å². The molecule has 1 heterocycles. The number of aromatic nitrogens is 2. The number of hydrogen-bond acceptors (Lipinski definition) is 10. The normalized spacial score (nSPS) is 20.9. The zero-order chi connectivity index (χ0) is 24.4. The topological polar surface area (TPSA) is 215 Å². The van der Waals surface area contributed by atoms with Crippen molar-refractivity contribution in [3.8, 4) is 0 Å². The first kappa shape index (κ1) is 27.0. The van der Waals surface area contributed by atoms with E-state index in [9.17, 15) is 15.0 Å². The third-order valence-corrected chi connectivity index (χ3v) is 5.87. The van der Waals surface area contributed by atoms with E-state index in [1.54, 1.807) is 0 Å². The Morgan fingerprint density at radius 3 is 2.52 bits per heavy atom. The summed E-state index contributed by atoms with van der Waals surface area (Å²) in [6, 6.07) is 0. The van der Waals surface area contributed by atoms with Gasteiger partial charge in [-0.15, -0.1) is 0 Å². The van der Waals surface area contributed by atoms with Crippen molar-refractivity contribution in [2.45, 2.75) is 63.3 Å². The maximum absolute atomic E-state index is 12.2. The third kappa shape index (κ3) is 8.89. The van der Waals surface area contributed by atoms with Crippen LogP contribution in [0.2, 0.25) is 5.15 Å². The molecule has 12 nitrogen and oxygen atoms in total. The average Bonchev–Trinajstić information content (AvgIpc) is 2.79. The van der Waals surface area contributed by atoms with Gasteiger partial charge in [-0.1, -0.05) is 24.4 Å². The van der Waals surface area contributed by atoms with Crippen LogP contribution < -0.4 is 22.5 Å². The second-order valence-electron chi connectivity index (χ2n) is 8.14. The van der Waals surface area contributed by atoms with Crippen LogP contribution in [-0.2, 0) is 4.74 Å². The van der Waals surface area contributed by atoms with Gasteiger partial charge in [0.25, 0.3) is 5.91 Å². The van der Waals surface area contributed by atoms with Crippen molar-refractivity contribution in [3.05, 3.63) is 10.8 Å². The van der Waals surface area contributed by atoms with Crippen molar-refractivity contribution in [1.82, 2.24) is 15.3 Å². The van der Waals surface area contributed by atoms with E-state index >= 15 is 0 Å². The quantitative estimate of drug-likeness (QED) is 0.124. The lowest BCUT2D eigenvalue weighted by atomic mass is 9.84. The molecular weight excluding hydrogens is 454 g/mol. The lowest BCUT2D eigenvalue weighted by Crippen LogP contribution is -2.38. The Kier molecular flexibility index (Phi) is 11.0. The molecule has 1 fully saturated rings. The summed E-state index contributed by atoms with van der Waals surface area (Å²) in [7, 11) is 0. The summed E-state index contributed by atoms with van der Waals surface area (Å²) in [4.78, 5) is 23.9. The van der Waals surface area contributed by atoms with Gasteiger partial charge in [0, 0.05) is 6.54 Å². The Morgan fingerprint density at radius 1 is 1.15 bits per heavy atom. The number of aliphatic hydroxyl groups is 3. The molecule has 1 amide bonds. The van der Waals surface area contributed by atoms with Gasteiger partial charge in [0.15, 0.2) is 28.4 Å². The number of anilines is 2. The van der Waals surface area contributed by atoms with Gasteiger partial charge >= 0.3 is 0 Å². The van der Waals surface area contributed by atoms with Crippen molar-refractivity contribution >= 4 is 35.1 Å². The second kappa shape index (κ2) is 13.5. The van der Waals surface area contributed by atoms with Crippen LogP contribution in [0.3, 0.4) is 0 Å². The molecule has 2 rings (SSSR count). The van der Waals surface area contributed by atoms with Crippen LogP contribution in [0.4, 0.5) is 11.6 Å². The summed E-state index contributed by atoms with van der Waals surface area (Å²) in [6.45, 7) is 0.0109. The van der Waals surface area contributed by atoms with Crippen LogP contribution in [0, 0.1) is 5.92 Å². The largest absolute Gasteiger partial charge is 0.394 e. The van der Waals surface area contributed by atoms with Gasteiger partial charge in [-0.25, -0.2) is 9.97 Å². The van der Waals surface area contributed by atoms with Crippen LogP contribution in [0.15, 0.2) is 4.99 Å². The summed E-state index contributed by atoms with van der Waals surface area (Å²) in [5, 5.41) is 30.1. The molecule has 186 valence electrons. The average molecular weight is 488 g/mol. The number of halogens is 1. The second-order valence-corrected chi connectivity index (χ2v) is 8.50. The molecule has 0 spiro atoms. The van der Waals surface area contributed by atoms with Crippen molar-refractivity contribution in [2.24, 2.45) is 16.6 Å². The first-order chi connectivity index (χ1) is 15.7. The van der Waals surface area contributed by atoms with E-state index in [1.165, 1.54) is 0 Å². The Labute approximate surface area is 197 Å². The van der Waals surface area contributed by atoms with Crippen molar-refractivity contribution in [2.75, 3.05) is 31.2 Å². The molecule has 0 radical (unpaired) electrons. The SMILES string of the molecule is NC(=NCCCCC1CCC(OCC(O)C(O)CO)CC1)NC(=O)c1nc(Cl)c(N)nc1N. The highest BCUT2D eigenvalue weighted by molar-refractivity contribution is 6.31. The molecule has 13 heteroatoms. The van der Waals surface area contributed by atoms with Crippen LogP contribution >= 0.6 is 11.6 Å². The molecule has 1 saturated carbocycles. The monoisotopic (exact) mass is 487 g/mol. The number of carbonyl (C=O) groups excluding carboxylic acids is 1. The molecule has 1 aliphatic carbocycles. The van der Waals surface area contributed by atoms with Crippen LogP contribution in [-0.4, -0.2) is 75.2 Å². The predicted molar refractivity (Wildman–Crippen MR) is 124 cm³/mol. The first-order valence-electron chi connectivity index (χ1n) is 11.0. The molecule has 2 unspecified atom stereocenters. The van der Waals surface area contributed by atoms with Gasteiger partial charge < -0.3 is 37.3 Å². The predicted octanol–water partition coefficient (Wildman–Crippen LogP) is -0.201. The van der Waals surface area contributed by atoms with Crippen molar-refractivity contribution < 1.29 is 24.9 Å². The summed E-state index contributed by atoms with van der Waals surface area (Å²) >= 11 is 5.77. The number of nitrogens with zero attached hydrogens (tertiary/aromatic N) is 3. The lowest BCUT2D eigenvalue weighted by molar-refractivity contribution is -0.0827. The van der Waals surface area contributed by atoms with Gasteiger partial charge in [0.05, 0.1) is 19.3 Å². The number of nitrogens with one attached hydrogen (secondary N) is 1. The Morgan fingerprint density at radius 2 is 1.85 bits per heavy atom. The fraction of sp³-hybridized carbons (Fsp3) is 0.700. The molecule has 10 N–H and O–H groups in total. The molecule has 0 bridgehead atoms. The van der Waals surface area contributed by atoms with E-state index in [2.05, 4.69) is 20.3 Å². The van der Waals surface area contributed by atoms with Gasteiger partial charge in [0.2, 0.25) is 0 Å². The summed E-state index contributed by atoms with van der Waals surface area (Å²) in [5.74, 6) is -0.317. The summed E-state index contributed by atoms with van der Waals surface area (Å²) < 4.78 is 5.65. The van der Waals surface area contributed by atoms with Crippen LogP contribution in [0.25, 0.3) is 0 Å². The zero-order valence-electron chi connectivity index (χ0n) is 18.5. The Hall–Kier alpha value is -2.25. The number of hydrogen-bond donors (Lipinski definition) is 7. The Bertz CT molecular complexity index is 805. The highest BCUT2D eigenvalue weighted by Crippen LogP contribution is 2.30. The van der Waals surface area contributed by atoms with Gasteiger partial charge in [0.1, 0.15) is 12.2 Å². The maximum atomic E-state index is 12.2. The summed E-state index contributed by atoms with van der Waals surface area (Å²) in [6.07, 6.45) is 4.60. The fourth-order valence-electron chi connectivity index (χ4n) is 3.62. The number of guanidine groups is 1. The van der Waals surface area contributed by atoms with E-state index < -0.39 is 24.7 Å². The fourth-order valence-corrected chi connectivity index (χ4v) is 3.75. The number of aliphatic imine (C=N–C) groups is 1. The number of aliphatic hydroxyl groups excluding tert-OH is 3. The summed E-state index contributed by atoms with van der Waals surface area (Å²) in [5.41, 5.74) is 16.7. The highest BCUT2D eigenvalue weighted by atomic mass is 35.5. The number of carbonyl (C=O) groups is 1. The first-order valence-corrected chi connectivity index (χ1v) is 11.4. The number of ether oxygens (including phenoxy) is 1. The van der Waals surface area contributed by atoms with E-state index in [-0.39, 0.29) is 41.2 Å². The molecule has 33 heavy (non-hydrogen) atoms. The molecule has 0 aliphatic heterocycles. The Balaban J connectivity index is 1.61. The van der Waals surface area contributed by atoms with Crippen LogP contribution in [0.1, 0.15) is 55.4 Å². The highest BCUT2D eigenvalue weighted by Gasteiger charge is 2.23. The van der Waals surface area contributed by atoms with Crippen molar-refractivity contribution in [1.29, 1.82) is 0 Å². The van der Waals surface area contributed by atoms with E-state index in [1.807, 2.05) is 0 Å². The number of nitrogens with two attached hydrogens (primary N) is 3. The zero-order valence-corrected chi connectivity index (χ0v) is 19.2. The van der Waals surface area contributed by atoms with E-state index in [4.69, 9.17) is 38.6 Å². The maximum Gasteiger partial charge on any atom is 0.280 e. The number of unbranched alkanes of at least 4 members (excludes halogenated alkanes) is 1. The van der Waals surface area contributed by atoms with Gasteiger partial charge in [-0.05, 0) is 38.0 Å². The third-order valence-electron chi connectivity index (χ3n) is 5.59. The molecule has 2 atom stereocenters. The minimum Gasteiger partial charge on any atom is -0.394 e.